The van der Waals surface area contributed by atoms with Crippen molar-refractivity contribution in [3.8, 4) is 0 Å². The van der Waals surface area contributed by atoms with E-state index in [9.17, 15) is 10.1 Å². The quantitative estimate of drug-likeness (QED) is 0.327. The van der Waals surface area contributed by atoms with E-state index in [0.29, 0.717) is 0 Å². The van der Waals surface area contributed by atoms with E-state index in [2.05, 4.69) is 21.2 Å². The lowest BCUT2D eigenvalue weighted by Gasteiger charge is -2.17. The fourth-order valence-electron chi connectivity index (χ4n) is 0.570. The van der Waals surface area contributed by atoms with Crippen LogP contribution in [0.1, 0.15) is 0 Å². The van der Waals surface area contributed by atoms with Crippen molar-refractivity contribution in [1.29, 1.82) is 0 Å². The van der Waals surface area contributed by atoms with E-state index < -0.39 is 8.83 Å². The van der Waals surface area contributed by atoms with Crippen LogP contribution in [0.3, 0.4) is 0 Å². The van der Waals surface area contributed by atoms with Gasteiger partial charge in [-0.2, -0.15) is 0 Å². The van der Waals surface area contributed by atoms with Crippen molar-refractivity contribution in [3.05, 3.63) is 34.2 Å². The highest BCUT2D eigenvalue weighted by Gasteiger charge is 2.23. The van der Waals surface area contributed by atoms with Crippen molar-refractivity contribution in [1.82, 2.24) is 5.32 Å². The molecule has 0 aromatic heterocycles. The second-order valence-electron chi connectivity index (χ2n) is 1.93. The number of halogens is 2. The molecule has 0 amide bonds. The summed E-state index contributed by atoms with van der Waals surface area (Å²) < 4.78 is -0.882. The number of rotatable bonds is 1. The molecule has 0 saturated carbocycles. The Hall–Kier alpha value is -0.550. The van der Waals surface area contributed by atoms with Gasteiger partial charge in [-0.05, 0) is 22.0 Å². The molecular formula is C5H4BrClN2O2. The largest absolute Gasteiger partial charge is 0.355 e. The average molecular weight is 239 g/mol. The maximum absolute atomic E-state index is 10.2. The lowest BCUT2D eigenvalue weighted by atomic mass is 10.3. The highest BCUT2D eigenvalue weighted by Crippen LogP contribution is 2.25. The summed E-state index contributed by atoms with van der Waals surface area (Å²) in [6, 6.07) is 0. The van der Waals surface area contributed by atoms with E-state index in [1.165, 1.54) is 18.4 Å². The Bertz CT molecular complexity index is 249. The highest BCUT2D eigenvalue weighted by molar-refractivity contribution is 9.10. The third kappa shape index (κ3) is 2.20. The molecule has 0 fully saturated rings. The summed E-state index contributed by atoms with van der Waals surface area (Å²) >= 11 is 8.76. The molecule has 0 radical (unpaired) electrons. The molecule has 1 aliphatic heterocycles. The minimum Gasteiger partial charge on any atom is -0.355 e. The lowest BCUT2D eigenvalue weighted by Crippen LogP contribution is -2.29. The monoisotopic (exact) mass is 238 g/mol. The number of hydrogen-bond acceptors (Lipinski definition) is 3. The Kier molecular flexibility index (Phi) is 2.20. The molecule has 1 unspecified atom stereocenters. The van der Waals surface area contributed by atoms with Gasteiger partial charge in [-0.15, -0.1) is 0 Å². The van der Waals surface area contributed by atoms with Crippen LogP contribution >= 0.6 is 27.5 Å². The summed E-state index contributed by atoms with van der Waals surface area (Å²) in [5, 5.41) is 12.7. The van der Waals surface area contributed by atoms with Crippen LogP contribution in [-0.2, 0) is 0 Å². The predicted octanol–water partition coefficient (Wildman–Crippen LogP) is 1.55. The third-order valence-electron chi connectivity index (χ3n) is 1.09. The Labute approximate surface area is 76.2 Å². The van der Waals surface area contributed by atoms with Gasteiger partial charge < -0.3 is 5.32 Å². The fraction of sp³-hybridized carbons (Fsp3) is 0.200. The summed E-state index contributed by atoms with van der Waals surface area (Å²) in [6.45, 7) is 0. The molecule has 6 heteroatoms. The number of nitrogens with zero attached hydrogens (tertiary/aromatic N) is 1. The van der Waals surface area contributed by atoms with Gasteiger partial charge in [0.2, 0.25) is 0 Å². The Morgan fingerprint density at radius 1 is 1.82 bits per heavy atom. The first-order valence-corrected chi connectivity index (χ1v) is 3.88. The van der Waals surface area contributed by atoms with Gasteiger partial charge in [0.05, 0.1) is 11.1 Å². The standard InChI is InChI=1S/C5H4BrClN2O2/c6-5(7)2-1-4(3-8-5)9(10)11/h1-3,8H. The number of allylic oxidation sites excluding steroid dienone is 1. The van der Waals surface area contributed by atoms with Crippen molar-refractivity contribution >= 4 is 27.5 Å². The van der Waals surface area contributed by atoms with Crippen molar-refractivity contribution in [2.24, 2.45) is 0 Å². The number of nitrogens with one attached hydrogen (secondary N) is 1. The lowest BCUT2D eigenvalue weighted by molar-refractivity contribution is -0.419. The molecule has 60 valence electrons. The molecule has 11 heavy (non-hydrogen) atoms. The van der Waals surface area contributed by atoms with Gasteiger partial charge in [0.15, 0.2) is 3.91 Å². The van der Waals surface area contributed by atoms with Crippen LogP contribution in [0.25, 0.3) is 0 Å². The van der Waals surface area contributed by atoms with Gasteiger partial charge in [0, 0.05) is 6.08 Å². The summed E-state index contributed by atoms with van der Waals surface area (Å²) in [5.74, 6) is 0. The highest BCUT2D eigenvalue weighted by atomic mass is 79.9. The minimum absolute atomic E-state index is 0.0132. The Morgan fingerprint density at radius 3 is 2.82 bits per heavy atom. The van der Waals surface area contributed by atoms with Crippen molar-refractivity contribution in [2.45, 2.75) is 3.91 Å². The number of alkyl halides is 2. The summed E-state index contributed by atoms with van der Waals surface area (Å²) in [6.07, 6.45) is 4.02. The molecule has 1 rings (SSSR count). The summed E-state index contributed by atoms with van der Waals surface area (Å²) in [4.78, 5) is 9.66. The average Bonchev–Trinajstić information content (AvgIpc) is 1.86. The van der Waals surface area contributed by atoms with Crippen LogP contribution < -0.4 is 5.32 Å². The SMILES string of the molecule is O=[N+]([O-])C1=CNC(Cl)(Br)C=C1. The minimum atomic E-state index is -0.882. The molecular weight excluding hydrogens is 235 g/mol. The zero-order chi connectivity index (χ0) is 8.48. The maximum Gasteiger partial charge on any atom is 0.284 e. The van der Waals surface area contributed by atoms with Crippen LogP contribution in [0.4, 0.5) is 0 Å². The van der Waals surface area contributed by atoms with Crippen LogP contribution in [0.15, 0.2) is 24.0 Å². The second-order valence-corrected chi connectivity index (χ2v) is 4.23. The van der Waals surface area contributed by atoms with Crippen LogP contribution in [0, 0.1) is 10.1 Å². The molecule has 1 N–H and O–H groups in total. The third-order valence-corrected chi connectivity index (χ3v) is 1.82. The van der Waals surface area contributed by atoms with Gasteiger partial charge >= 0.3 is 0 Å². The molecule has 0 aliphatic carbocycles. The van der Waals surface area contributed by atoms with E-state index in [1.807, 2.05) is 0 Å². The molecule has 0 aromatic carbocycles. The molecule has 4 nitrogen and oxygen atoms in total. The number of hydrogen-bond donors (Lipinski definition) is 1. The molecule has 0 bridgehead atoms. The number of nitro groups is 1. The predicted molar refractivity (Wildman–Crippen MR) is 44.9 cm³/mol. The van der Waals surface area contributed by atoms with Gasteiger partial charge in [-0.25, -0.2) is 0 Å². The topological polar surface area (TPSA) is 55.2 Å². The zero-order valence-electron chi connectivity index (χ0n) is 5.25. The molecule has 0 saturated heterocycles. The fourth-order valence-corrected chi connectivity index (χ4v) is 0.934. The Morgan fingerprint density at radius 2 is 2.45 bits per heavy atom. The van der Waals surface area contributed by atoms with Gasteiger partial charge in [-0.1, -0.05) is 11.6 Å². The van der Waals surface area contributed by atoms with E-state index in [0.717, 1.165) is 0 Å². The summed E-state index contributed by atoms with van der Waals surface area (Å²) in [7, 11) is 0. The first-order chi connectivity index (χ1) is 5.01. The van der Waals surface area contributed by atoms with Crippen molar-refractivity contribution < 1.29 is 4.92 Å². The number of dihydropyridines is 1. The van der Waals surface area contributed by atoms with Crippen LogP contribution in [0.5, 0.6) is 0 Å². The van der Waals surface area contributed by atoms with E-state index in [4.69, 9.17) is 11.6 Å². The maximum atomic E-state index is 10.2. The molecule has 0 spiro atoms. The first kappa shape index (κ1) is 8.55. The van der Waals surface area contributed by atoms with Crippen LogP contribution in [0.2, 0.25) is 0 Å². The van der Waals surface area contributed by atoms with Crippen molar-refractivity contribution in [2.75, 3.05) is 0 Å². The van der Waals surface area contributed by atoms with E-state index in [-0.39, 0.29) is 5.70 Å². The smallest absolute Gasteiger partial charge is 0.284 e. The van der Waals surface area contributed by atoms with E-state index >= 15 is 0 Å². The van der Waals surface area contributed by atoms with Gasteiger partial charge in [-0.3, -0.25) is 10.1 Å². The molecule has 1 aliphatic rings. The van der Waals surface area contributed by atoms with Crippen LogP contribution in [-0.4, -0.2) is 8.83 Å². The van der Waals surface area contributed by atoms with Crippen molar-refractivity contribution in [3.63, 3.8) is 0 Å². The Balaban J connectivity index is 2.75. The normalized spacial score (nSPS) is 29.1. The van der Waals surface area contributed by atoms with E-state index in [1.54, 1.807) is 0 Å². The summed E-state index contributed by atoms with van der Waals surface area (Å²) in [5.41, 5.74) is -0.0132. The molecule has 0 aromatic rings. The van der Waals surface area contributed by atoms with Gasteiger partial charge in [0.1, 0.15) is 0 Å². The van der Waals surface area contributed by atoms with Gasteiger partial charge in [0.25, 0.3) is 5.70 Å². The molecule has 1 heterocycles. The zero-order valence-corrected chi connectivity index (χ0v) is 7.59. The second kappa shape index (κ2) is 2.83. The molecule has 1 atom stereocenters. The first-order valence-electron chi connectivity index (χ1n) is 2.70.